The molecule has 0 aromatic carbocycles. The summed E-state index contributed by atoms with van der Waals surface area (Å²) >= 11 is 0. The summed E-state index contributed by atoms with van der Waals surface area (Å²) in [4.78, 5) is 23.5. The lowest BCUT2D eigenvalue weighted by Crippen LogP contribution is -2.59. The zero-order valence-corrected chi connectivity index (χ0v) is 9.05. The average molecular weight is 232 g/mol. The van der Waals surface area contributed by atoms with E-state index >= 15 is 0 Å². The Morgan fingerprint density at radius 3 is 3.00 bits per heavy atom. The molecule has 1 heterocycles. The van der Waals surface area contributed by atoms with Crippen LogP contribution in [0.2, 0.25) is 0 Å². The summed E-state index contributed by atoms with van der Waals surface area (Å²) in [7, 11) is 1.45. The molecule has 0 aromatic heterocycles. The molecule has 1 fully saturated rings. The van der Waals surface area contributed by atoms with E-state index < -0.39 is 18.1 Å². The van der Waals surface area contributed by atoms with Gasteiger partial charge in [0.05, 0.1) is 19.3 Å². The van der Waals surface area contributed by atoms with E-state index in [9.17, 15) is 14.7 Å². The lowest BCUT2D eigenvalue weighted by molar-refractivity contribution is -0.146. The molecule has 1 aliphatic heterocycles. The Hall–Kier alpha value is -1.18. The van der Waals surface area contributed by atoms with E-state index in [1.165, 1.54) is 12.0 Å². The maximum atomic E-state index is 11.1. The Kier molecular flexibility index (Phi) is 4.66. The number of aliphatic hydroxyl groups is 1. The number of aliphatic hydroxyl groups excluding tert-OH is 1. The van der Waals surface area contributed by atoms with E-state index in [0.29, 0.717) is 0 Å². The number of rotatable bonds is 5. The standard InChI is InChI=1S/C9H16N2O5/c1-16-5-6(12)3-11-4-8(13)10-2-7(11)9(14)15/h6-7,12H,2-5H2,1H3,(H,10,13)(H,14,15). The number of methoxy groups -OCH3 is 1. The maximum absolute atomic E-state index is 11.1. The Bertz CT molecular complexity index is 271. The van der Waals surface area contributed by atoms with E-state index in [2.05, 4.69) is 5.32 Å². The molecule has 7 nitrogen and oxygen atoms in total. The van der Waals surface area contributed by atoms with Crippen molar-refractivity contribution in [3.8, 4) is 0 Å². The molecular formula is C9H16N2O5. The topological polar surface area (TPSA) is 99.1 Å². The highest BCUT2D eigenvalue weighted by Gasteiger charge is 2.32. The summed E-state index contributed by atoms with van der Waals surface area (Å²) < 4.78 is 4.74. The molecule has 0 aliphatic carbocycles. The summed E-state index contributed by atoms with van der Waals surface area (Å²) in [6, 6.07) is -0.788. The highest BCUT2D eigenvalue weighted by molar-refractivity contribution is 5.83. The summed E-state index contributed by atoms with van der Waals surface area (Å²) in [5, 5.41) is 20.9. The smallest absolute Gasteiger partial charge is 0.322 e. The molecule has 0 bridgehead atoms. The van der Waals surface area contributed by atoms with E-state index in [0.717, 1.165) is 0 Å². The molecule has 0 saturated carbocycles. The van der Waals surface area contributed by atoms with Crippen molar-refractivity contribution >= 4 is 11.9 Å². The number of aliphatic carboxylic acids is 1. The van der Waals surface area contributed by atoms with Gasteiger partial charge in [-0.25, -0.2) is 0 Å². The molecule has 0 aromatic rings. The normalized spacial score (nSPS) is 23.9. The molecule has 92 valence electrons. The van der Waals surface area contributed by atoms with Gasteiger partial charge in [0, 0.05) is 20.2 Å². The van der Waals surface area contributed by atoms with Gasteiger partial charge in [-0.1, -0.05) is 0 Å². The van der Waals surface area contributed by atoms with Gasteiger partial charge in [-0.3, -0.25) is 14.5 Å². The van der Waals surface area contributed by atoms with Gasteiger partial charge >= 0.3 is 5.97 Å². The van der Waals surface area contributed by atoms with E-state index in [1.807, 2.05) is 0 Å². The van der Waals surface area contributed by atoms with E-state index in [1.54, 1.807) is 0 Å². The summed E-state index contributed by atoms with van der Waals surface area (Å²) in [5.41, 5.74) is 0. The number of carboxylic acid groups (broad SMARTS) is 1. The number of hydrogen-bond acceptors (Lipinski definition) is 5. The summed E-state index contributed by atoms with van der Waals surface area (Å²) in [6.07, 6.45) is -0.794. The lowest BCUT2D eigenvalue weighted by atomic mass is 10.1. The van der Waals surface area contributed by atoms with Crippen molar-refractivity contribution in [1.29, 1.82) is 0 Å². The number of β-amino-alcohol motifs (C(OH)–C–C–N with tert-alkyl or cyclic N) is 1. The molecule has 7 heteroatoms. The fourth-order valence-corrected chi connectivity index (χ4v) is 1.64. The zero-order chi connectivity index (χ0) is 12.1. The van der Waals surface area contributed by atoms with Gasteiger partial charge in [0.1, 0.15) is 6.04 Å². The van der Waals surface area contributed by atoms with Crippen molar-refractivity contribution in [3.05, 3.63) is 0 Å². The van der Waals surface area contributed by atoms with Crippen molar-refractivity contribution < 1.29 is 24.5 Å². The number of ether oxygens (including phenoxy) is 1. The first-order chi connectivity index (χ1) is 7.54. The maximum Gasteiger partial charge on any atom is 0.322 e. The fraction of sp³-hybridized carbons (Fsp3) is 0.778. The fourth-order valence-electron chi connectivity index (χ4n) is 1.64. The third-order valence-electron chi connectivity index (χ3n) is 2.37. The van der Waals surface area contributed by atoms with E-state index in [4.69, 9.17) is 9.84 Å². The van der Waals surface area contributed by atoms with Crippen LogP contribution in [0.5, 0.6) is 0 Å². The first kappa shape index (κ1) is 12.9. The Balaban J connectivity index is 2.57. The molecule has 1 aliphatic rings. The van der Waals surface area contributed by atoms with Gasteiger partial charge in [0.25, 0.3) is 0 Å². The molecule has 2 atom stereocenters. The van der Waals surface area contributed by atoms with Crippen molar-refractivity contribution in [1.82, 2.24) is 10.2 Å². The summed E-state index contributed by atoms with van der Waals surface area (Å²) in [5.74, 6) is -1.24. The number of amides is 1. The predicted molar refractivity (Wildman–Crippen MR) is 53.9 cm³/mol. The number of piperazine rings is 1. The molecule has 1 saturated heterocycles. The number of carboxylic acids is 1. The monoisotopic (exact) mass is 232 g/mol. The van der Waals surface area contributed by atoms with Crippen molar-refractivity contribution in [2.24, 2.45) is 0 Å². The van der Waals surface area contributed by atoms with Gasteiger partial charge in [-0.2, -0.15) is 0 Å². The van der Waals surface area contributed by atoms with Gasteiger partial charge < -0.3 is 20.3 Å². The largest absolute Gasteiger partial charge is 0.480 e. The minimum Gasteiger partial charge on any atom is -0.480 e. The first-order valence-electron chi connectivity index (χ1n) is 4.95. The summed E-state index contributed by atoms with van der Waals surface area (Å²) in [6.45, 7) is 0.272. The third-order valence-corrected chi connectivity index (χ3v) is 2.37. The number of carbonyl (C=O) groups is 2. The van der Waals surface area contributed by atoms with Crippen LogP contribution in [0.15, 0.2) is 0 Å². The van der Waals surface area contributed by atoms with Crippen LogP contribution in [0, 0.1) is 0 Å². The van der Waals surface area contributed by atoms with Crippen LogP contribution < -0.4 is 5.32 Å². The van der Waals surface area contributed by atoms with Crippen LogP contribution in [0.25, 0.3) is 0 Å². The van der Waals surface area contributed by atoms with Crippen LogP contribution in [-0.4, -0.2) is 72.5 Å². The van der Waals surface area contributed by atoms with Gasteiger partial charge in [0.15, 0.2) is 0 Å². The van der Waals surface area contributed by atoms with Crippen molar-refractivity contribution in [2.45, 2.75) is 12.1 Å². The Morgan fingerprint density at radius 2 is 2.44 bits per heavy atom. The second kappa shape index (κ2) is 5.78. The molecule has 2 unspecified atom stereocenters. The minimum absolute atomic E-state index is 0.0161. The van der Waals surface area contributed by atoms with Crippen molar-refractivity contribution in [3.63, 3.8) is 0 Å². The van der Waals surface area contributed by atoms with Crippen LogP contribution >= 0.6 is 0 Å². The molecule has 3 N–H and O–H groups in total. The second-order valence-electron chi connectivity index (χ2n) is 3.70. The molecule has 1 rings (SSSR count). The number of nitrogens with one attached hydrogen (secondary N) is 1. The van der Waals surface area contributed by atoms with Crippen LogP contribution in [0.1, 0.15) is 0 Å². The SMILES string of the molecule is COCC(O)CN1CC(=O)NCC1C(=O)O. The van der Waals surface area contributed by atoms with Crippen LogP contribution in [-0.2, 0) is 14.3 Å². The van der Waals surface area contributed by atoms with Gasteiger partial charge in [-0.05, 0) is 0 Å². The average Bonchev–Trinajstić information content (AvgIpc) is 2.17. The Morgan fingerprint density at radius 1 is 1.75 bits per heavy atom. The number of nitrogens with zero attached hydrogens (tertiary/aromatic N) is 1. The molecule has 1 amide bonds. The second-order valence-corrected chi connectivity index (χ2v) is 3.70. The van der Waals surface area contributed by atoms with Crippen LogP contribution in [0.4, 0.5) is 0 Å². The van der Waals surface area contributed by atoms with Crippen LogP contribution in [0.3, 0.4) is 0 Å². The quantitative estimate of drug-likeness (QED) is 0.501. The first-order valence-corrected chi connectivity index (χ1v) is 4.95. The zero-order valence-electron chi connectivity index (χ0n) is 9.05. The van der Waals surface area contributed by atoms with Crippen molar-refractivity contribution in [2.75, 3.05) is 33.4 Å². The predicted octanol–water partition coefficient (Wildman–Crippen LogP) is -2.12. The number of carbonyl (C=O) groups excluding carboxylic acids is 1. The molecule has 0 spiro atoms. The van der Waals surface area contributed by atoms with Gasteiger partial charge in [-0.15, -0.1) is 0 Å². The molecule has 16 heavy (non-hydrogen) atoms. The molecule has 0 radical (unpaired) electrons. The lowest BCUT2D eigenvalue weighted by Gasteiger charge is -2.33. The minimum atomic E-state index is -1.01. The highest BCUT2D eigenvalue weighted by atomic mass is 16.5. The van der Waals surface area contributed by atoms with Gasteiger partial charge in [0.2, 0.25) is 5.91 Å². The highest BCUT2D eigenvalue weighted by Crippen LogP contribution is 2.05. The van der Waals surface area contributed by atoms with E-state index in [-0.39, 0.29) is 32.1 Å². The Labute approximate surface area is 93.0 Å². The molecular weight excluding hydrogens is 216 g/mol. The third kappa shape index (κ3) is 3.44. The number of hydrogen-bond donors (Lipinski definition) is 3.